The average Bonchev–Trinajstić information content (AvgIpc) is 3.74. The normalized spacial score (nSPS) is 13.8. The van der Waals surface area contributed by atoms with Gasteiger partial charge in [0.15, 0.2) is 0 Å². The minimum Gasteiger partial charge on any atom is -0.368 e. The van der Waals surface area contributed by atoms with Crippen LogP contribution >= 0.6 is 0 Å². The number of pyridine rings is 1. The SMILES string of the molecule is Cc1noc(C)c1-c1c(-c2cnn(C)c2)c(-c2c(C)noc2C)n2nc(Nc3ccc(N4CCNCC4)cn3)ncc12. The highest BCUT2D eigenvalue weighted by atomic mass is 16.5. The number of piperazine rings is 1. The van der Waals surface area contributed by atoms with Crippen LogP contribution in [0.3, 0.4) is 0 Å². The molecule has 2 N–H and O–H groups in total. The molecule has 6 aromatic heterocycles. The van der Waals surface area contributed by atoms with Crippen LogP contribution < -0.4 is 15.5 Å². The summed E-state index contributed by atoms with van der Waals surface area (Å²) >= 11 is 0. The van der Waals surface area contributed by atoms with E-state index < -0.39 is 0 Å². The van der Waals surface area contributed by atoms with Gasteiger partial charge in [0.2, 0.25) is 5.95 Å². The van der Waals surface area contributed by atoms with Crippen LogP contribution in [0.25, 0.3) is 39.0 Å². The number of hydrogen-bond acceptors (Lipinski definition) is 11. The highest BCUT2D eigenvalue weighted by Gasteiger charge is 2.31. The van der Waals surface area contributed by atoms with E-state index in [9.17, 15) is 0 Å². The molecule has 1 aliphatic rings. The van der Waals surface area contributed by atoms with Crippen LogP contribution in [0.15, 0.2) is 46.0 Å². The molecule has 7 rings (SSSR count). The maximum absolute atomic E-state index is 5.64. The summed E-state index contributed by atoms with van der Waals surface area (Å²) in [5.41, 5.74) is 8.68. The van der Waals surface area contributed by atoms with Crippen molar-refractivity contribution in [1.82, 2.24) is 45.0 Å². The molecule has 6 aromatic rings. The molecule has 1 aliphatic heterocycles. The van der Waals surface area contributed by atoms with Crippen molar-refractivity contribution in [2.24, 2.45) is 7.05 Å². The van der Waals surface area contributed by atoms with Gasteiger partial charge in [-0.3, -0.25) is 4.68 Å². The molecule has 0 unspecified atom stereocenters. The van der Waals surface area contributed by atoms with E-state index >= 15 is 0 Å². The Morgan fingerprint density at radius 1 is 0.833 bits per heavy atom. The molecule has 0 atom stereocenters. The maximum atomic E-state index is 5.64. The molecule has 0 aliphatic carbocycles. The first-order valence-corrected chi connectivity index (χ1v) is 13.8. The molecule has 0 bridgehead atoms. The lowest BCUT2D eigenvalue weighted by molar-refractivity contribution is 0.393. The van der Waals surface area contributed by atoms with Gasteiger partial charge < -0.3 is 24.6 Å². The average molecular weight is 566 g/mol. The Balaban J connectivity index is 1.41. The molecular weight excluding hydrogens is 534 g/mol. The number of aromatic nitrogens is 8. The Morgan fingerprint density at radius 3 is 2.19 bits per heavy atom. The fraction of sp³-hybridized carbons (Fsp3) is 0.310. The van der Waals surface area contributed by atoms with Crippen molar-refractivity contribution in [3.05, 3.63) is 59.8 Å². The lowest BCUT2D eigenvalue weighted by Gasteiger charge is -2.29. The molecule has 0 saturated carbocycles. The number of rotatable bonds is 6. The van der Waals surface area contributed by atoms with Crippen LogP contribution in [0.2, 0.25) is 0 Å². The molecule has 0 radical (unpaired) electrons. The number of fused-ring (bicyclic) bond motifs is 1. The summed E-state index contributed by atoms with van der Waals surface area (Å²) in [6.07, 6.45) is 7.52. The summed E-state index contributed by atoms with van der Waals surface area (Å²) in [5, 5.41) is 24.7. The molecule has 13 nitrogen and oxygen atoms in total. The zero-order valence-electron chi connectivity index (χ0n) is 24.1. The van der Waals surface area contributed by atoms with Gasteiger partial charge >= 0.3 is 0 Å². The van der Waals surface area contributed by atoms with Crippen LogP contribution in [0, 0.1) is 27.7 Å². The standard InChI is InChI=1S/C29H31N11O2/c1-16-24(18(3)41-36-16)27-22-14-32-29(34-23-7-6-21(13-31-23)39-10-8-30-9-11-39)35-40(22)28(25-17(2)37-42-19(25)4)26(27)20-12-33-38(5)15-20/h6-7,12-15,30H,8-11H2,1-5H3,(H,31,34,35). The number of hydrogen-bond donors (Lipinski definition) is 2. The molecule has 1 saturated heterocycles. The fourth-order valence-corrected chi connectivity index (χ4v) is 5.76. The monoisotopic (exact) mass is 565 g/mol. The molecule has 0 aromatic carbocycles. The third-order valence-corrected chi connectivity index (χ3v) is 7.70. The third-order valence-electron chi connectivity index (χ3n) is 7.70. The zero-order chi connectivity index (χ0) is 29.0. The number of nitrogens with one attached hydrogen (secondary N) is 2. The highest BCUT2D eigenvalue weighted by Crippen LogP contribution is 2.47. The van der Waals surface area contributed by atoms with Crippen molar-refractivity contribution in [2.45, 2.75) is 27.7 Å². The van der Waals surface area contributed by atoms with Gasteiger partial charge in [0.05, 0.1) is 58.0 Å². The second-order valence-electron chi connectivity index (χ2n) is 10.5. The van der Waals surface area contributed by atoms with Crippen LogP contribution in [-0.4, -0.2) is 65.9 Å². The number of nitrogens with zero attached hydrogens (tertiary/aromatic N) is 9. The van der Waals surface area contributed by atoms with E-state index in [-0.39, 0.29) is 0 Å². The third kappa shape index (κ3) is 4.29. The Kier molecular flexibility index (Phi) is 6.23. The van der Waals surface area contributed by atoms with Gasteiger partial charge in [0.1, 0.15) is 17.3 Å². The largest absolute Gasteiger partial charge is 0.368 e. The number of anilines is 3. The van der Waals surface area contributed by atoms with Crippen molar-refractivity contribution in [2.75, 3.05) is 36.4 Å². The first-order chi connectivity index (χ1) is 20.4. The van der Waals surface area contributed by atoms with Crippen molar-refractivity contribution < 1.29 is 9.05 Å². The summed E-state index contributed by atoms with van der Waals surface area (Å²) in [4.78, 5) is 11.7. The predicted octanol–water partition coefficient (Wildman–Crippen LogP) is 4.22. The topological polar surface area (TPSA) is 140 Å². The predicted molar refractivity (Wildman–Crippen MR) is 158 cm³/mol. The van der Waals surface area contributed by atoms with E-state index in [1.165, 1.54) is 0 Å². The van der Waals surface area contributed by atoms with Gasteiger partial charge in [0, 0.05) is 56.1 Å². The van der Waals surface area contributed by atoms with Gasteiger partial charge in [-0.25, -0.2) is 14.5 Å². The molecule has 214 valence electrons. The molecule has 0 spiro atoms. The van der Waals surface area contributed by atoms with Gasteiger partial charge in [-0.15, -0.1) is 5.10 Å². The molecule has 42 heavy (non-hydrogen) atoms. The van der Waals surface area contributed by atoms with Crippen molar-refractivity contribution in [1.29, 1.82) is 0 Å². The summed E-state index contributed by atoms with van der Waals surface area (Å²) in [6, 6.07) is 4.02. The van der Waals surface area contributed by atoms with Crippen LogP contribution in [0.1, 0.15) is 22.9 Å². The van der Waals surface area contributed by atoms with Gasteiger partial charge in [-0.2, -0.15) is 5.10 Å². The van der Waals surface area contributed by atoms with Crippen molar-refractivity contribution in [3.63, 3.8) is 0 Å². The van der Waals surface area contributed by atoms with E-state index in [0.29, 0.717) is 23.3 Å². The Bertz CT molecular complexity index is 1870. The zero-order valence-corrected chi connectivity index (χ0v) is 24.1. The molecule has 1 fully saturated rings. The Hall–Kier alpha value is -5.04. The number of aryl methyl sites for hydroxylation is 5. The van der Waals surface area contributed by atoms with Crippen LogP contribution in [0.4, 0.5) is 17.5 Å². The van der Waals surface area contributed by atoms with E-state index in [2.05, 4.69) is 42.0 Å². The molecule has 0 amide bonds. The summed E-state index contributed by atoms with van der Waals surface area (Å²) in [7, 11) is 1.90. The first kappa shape index (κ1) is 25.9. The molecule has 7 heterocycles. The van der Waals surface area contributed by atoms with Crippen molar-refractivity contribution in [3.8, 4) is 33.5 Å². The minimum atomic E-state index is 0.399. The Morgan fingerprint density at radius 2 is 1.57 bits per heavy atom. The molecular formula is C29H31N11O2. The van der Waals surface area contributed by atoms with E-state index in [1.54, 1.807) is 4.68 Å². The fourth-order valence-electron chi connectivity index (χ4n) is 5.76. The van der Waals surface area contributed by atoms with Crippen LogP contribution in [0.5, 0.6) is 0 Å². The Labute approximate surface area is 241 Å². The second kappa shape index (κ2) is 10.1. The van der Waals surface area contributed by atoms with E-state index in [4.69, 9.17) is 19.1 Å². The quantitative estimate of drug-likeness (QED) is 0.300. The molecule has 13 heteroatoms. The van der Waals surface area contributed by atoms with Gasteiger partial charge in [0.25, 0.3) is 0 Å². The first-order valence-electron chi connectivity index (χ1n) is 13.8. The highest BCUT2D eigenvalue weighted by molar-refractivity contribution is 6.03. The van der Waals surface area contributed by atoms with Crippen LogP contribution in [-0.2, 0) is 7.05 Å². The summed E-state index contributed by atoms with van der Waals surface area (Å²) < 4.78 is 14.9. The lowest BCUT2D eigenvalue weighted by Crippen LogP contribution is -2.43. The van der Waals surface area contributed by atoms with Crippen molar-refractivity contribution >= 4 is 23.0 Å². The lowest BCUT2D eigenvalue weighted by atomic mass is 9.94. The minimum absolute atomic E-state index is 0.399. The smallest absolute Gasteiger partial charge is 0.246 e. The summed E-state index contributed by atoms with van der Waals surface area (Å²) in [6.45, 7) is 11.5. The summed E-state index contributed by atoms with van der Waals surface area (Å²) in [5.74, 6) is 2.43. The van der Waals surface area contributed by atoms with E-state index in [0.717, 1.165) is 82.3 Å². The van der Waals surface area contributed by atoms with E-state index in [1.807, 2.05) is 70.1 Å². The maximum Gasteiger partial charge on any atom is 0.246 e. The van der Waals surface area contributed by atoms with Gasteiger partial charge in [-0.1, -0.05) is 10.3 Å². The van der Waals surface area contributed by atoms with Gasteiger partial charge in [-0.05, 0) is 39.8 Å². The second-order valence-corrected chi connectivity index (χ2v) is 10.5.